The van der Waals surface area contributed by atoms with E-state index in [1.165, 1.54) is 161 Å². The van der Waals surface area contributed by atoms with Gasteiger partial charge in [-0.3, -0.25) is 4.79 Å². The number of carbonyl (C=O) groups is 1. The van der Waals surface area contributed by atoms with Gasteiger partial charge >= 0.3 is 0 Å². The predicted octanol–water partition coefficient (Wildman–Crippen LogP) is 11.8. The molecule has 3 unspecified atom stereocenters. The monoisotopic (exact) mass is 678 g/mol. The molecule has 0 heterocycles. The topological polar surface area (TPSA) is 89.8 Å². The zero-order valence-electron chi connectivity index (χ0n) is 32.1. The third kappa shape index (κ3) is 34.7. The minimum absolute atomic E-state index is 0.00935. The van der Waals surface area contributed by atoms with Crippen LogP contribution >= 0.6 is 0 Å². The Bertz CT molecular complexity index is 709. The Hall–Kier alpha value is -1.17. The van der Waals surface area contributed by atoms with Crippen LogP contribution in [0.5, 0.6) is 0 Å². The maximum Gasteiger partial charge on any atom is 0.222 e. The summed E-state index contributed by atoms with van der Waals surface area (Å²) in [5.41, 5.74) is 0. The number of aliphatic hydroxyl groups is 3. The van der Waals surface area contributed by atoms with Gasteiger partial charge in [0.2, 0.25) is 5.91 Å². The fraction of sp³-hybridized carbons (Fsp3) is 0.884. The molecule has 0 aromatic carbocycles. The molecule has 0 aliphatic heterocycles. The van der Waals surface area contributed by atoms with Gasteiger partial charge in [0.25, 0.3) is 0 Å². The molecule has 0 aliphatic rings. The molecule has 5 heteroatoms. The van der Waals surface area contributed by atoms with E-state index in [4.69, 9.17) is 0 Å². The molecule has 0 rings (SSSR count). The first kappa shape index (κ1) is 46.8. The first-order chi connectivity index (χ1) is 23.5. The van der Waals surface area contributed by atoms with Crippen molar-refractivity contribution in [1.29, 1.82) is 0 Å². The van der Waals surface area contributed by atoms with Gasteiger partial charge in [-0.25, -0.2) is 0 Å². The fourth-order valence-corrected chi connectivity index (χ4v) is 6.47. The lowest BCUT2D eigenvalue weighted by Gasteiger charge is -2.21. The van der Waals surface area contributed by atoms with E-state index in [1.807, 2.05) is 6.08 Å². The summed E-state index contributed by atoms with van der Waals surface area (Å²) in [4.78, 5) is 12.4. The number of hydrogen-bond acceptors (Lipinski definition) is 4. The average molecular weight is 678 g/mol. The Morgan fingerprint density at radius 1 is 0.521 bits per heavy atom. The van der Waals surface area contributed by atoms with Gasteiger partial charge in [-0.15, -0.1) is 0 Å². The second-order valence-electron chi connectivity index (χ2n) is 14.6. The molecular weight excluding hydrogens is 594 g/mol. The van der Waals surface area contributed by atoms with Crippen LogP contribution in [0.3, 0.4) is 0 Å². The number of carbonyl (C=O) groups excluding carboxylic acids is 1. The first-order valence-corrected chi connectivity index (χ1v) is 21.1. The van der Waals surface area contributed by atoms with Crippen molar-refractivity contribution in [3.63, 3.8) is 0 Å². The van der Waals surface area contributed by atoms with Gasteiger partial charge in [0, 0.05) is 0 Å². The smallest absolute Gasteiger partial charge is 0.222 e. The Balaban J connectivity index is 3.61. The average Bonchev–Trinajstić information content (AvgIpc) is 3.08. The molecule has 0 fully saturated rings. The molecule has 0 aliphatic carbocycles. The van der Waals surface area contributed by atoms with Crippen molar-refractivity contribution in [1.82, 2.24) is 5.32 Å². The van der Waals surface area contributed by atoms with E-state index < -0.39 is 18.2 Å². The standard InChI is InChI=1S/C43H83NO4/c1-3-5-7-9-11-13-15-16-17-18-19-20-21-22-23-24-25-27-28-30-32-34-36-40(46)38-43(48)44-41(39-45)42(47)37-35-33-31-29-26-14-12-10-8-6-4-2/h26,29,35,37,40-42,45-47H,3-25,27-28,30-34,36,38-39H2,1-2H3,(H,44,48)/b29-26+,37-35+. The Morgan fingerprint density at radius 3 is 1.33 bits per heavy atom. The van der Waals surface area contributed by atoms with Crippen LogP contribution in [0.15, 0.2) is 24.3 Å². The quantitative estimate of drug-likeness (QED) is 0.0387. The van der Waals surface area contributed by atoms with Gasteiger partial charge in [0.15, 0.2) is 0 Å². The van der Waals surface area contributed by atoms with E-state index in [1.54, 1.807) is 6.08 Å². The highest BCUT2D eigenvalue weighted by molar-refractivity contribution is 5.76. The second kappa shape index (κ2) is 38.6. The number of aliphatic hydroxyl groups excluding tert-OH is 3. The molecule has 0 saturated heterocycles. The second-order valence-corrected chi connectivity index (χ2v) is 14.6. The Morgan fingerprint density at radius 2 is 0.896 bits per heavy atom. The molecule has 0 bridgehead atoms. The van der Waals surface area contributed by atoms with E-state index in [2.05, 4.69) is 31.3 Å². The van der Waals surface area contributed by atoms with Gasteiger partial charge in [-0.05, 0) is 32.1 Å². The molecule has 0 saturated carbocycles. The van der Waals surface area contributed by atoms with Crippen LogP contribution < -0.4 is 5.32 Å². The number of nitrogens with one attached hydrogen (secondary N) is 1. The first-order valence-electron chi connectivity index (χ1n) is 21.1. The van der Waals surface area contributed by atoms with Crippen molar-refractivity contribution in [3.8, 4) is 0 Å². The van der Waals surface area contributed by atoms with Crippen LogP contribution in [-0.4, -0.2) is 46.1 Å². The molecule has 0 radical (unpaired) electrons. The third-order valence-corrected chi connectivity index (χ3v) is 9.74. The summed E-state index contributed by atoms with van der Waals surface area (Å²) in [6.07, 6.45) is 46.1. The molecule has 1 amide bonds. The number of allylic oxidation sites excluding steroid dienone is 3. The maximum atomic E-state index is 12.4. The minimum Gasteiger partial charge on any atom is -0.394 e. The Kier molecular flexibility index (Phi) is 37.7. The summed E-state index contributed by atoms with van der Waals surface area (Å²) in [5.74, 6) is -0.324. The van der Waals surface area contributed by atoms with E-state index in [0.717, 1.165) is 32.1 Å². The van der Waals surface area contributed by atoms with E-state index >= 15 is 0 Å². The fourth-order valence-electron chi connectivity index (χ4n) is 6.47. The van der Waals surface area contributed by atoms with Gasteiger partial charge in [-0.2, -0.15) is 0 Å². The lowest BCUT2D eigenvalue weighted by molar-refractivity contribution is -0.124. The van der Waals surface area contributed by atoms with Crippen LogP contribution in [0.4, 0.5) is 0 Å². The van der Waals surface area contributed by atoms with Crippen molar-refractivity contribution in [2.24, 2.45) is 0 Å². The third-order valence-electron chi connectivity index (χ3n) is 9.74. The molecule has 0 aromatic rings. The molecule has 48 heavy (non-hydrogen) atoms. The highest BCUT2D eigenvalue weighted by Crippen LogP contribution is 2.16. The number of rotatable bonds is 38. The summed E-state index contributed by atoms with van der Waals surface area (Å²) in [5, 5.41) is 33.1. The van der Waals surface area contributed by atoms with Crippen LogP contribution in [0, 0.1) is 0 Å². The highest BCUT2D eigenvalue weighted by Gasteiger charge is 2.20. The molecule has 3 atom stereocenters. The van der Waals surface area contributed by atoms with Crippen molar-refractivity contribution in [2.75, 3.05) is 6.61 Å². The van der Waals surface area contributed by atoms with Crippen LogP contribution in [-0.2, 0) is 4.79 Å². The van der Waals surface area contributed by atoms with E-state index in [-0.39, 0.29) is 18.9 Å². The van der Waals surface area contributed by atoms with Gasteiger partial charge in [0.1, 0.15) is 0 Å². The number of unbranched alkanes of at least 4 members (excludes halogenated alkanes) is 27. The van der Waals surface area contributed by atoms with Crippen molar-refractivity contribution in [3.05, 3.63) is 24.3 Å². The minimum atomic E-state index is -0.946. The molecule has 4 N–H and O–H groups in total. The summed E-state index contributed by atoms with van der Waals surface area (Å²) in [6, 6.07) is -0.756. The molecule has 5 nitrogen and oxygen atoms in total. The molecule has 0 aromatic heterocycles. The summed E-state index contributed by atoms with van der Waals surface area (Å²) in [6.45, 7) is 4.18. The SMILES string of the molecule is CCCCCCC/C=C/CC/C=C/C(O)C(CO)NC(=O)CC(O)CCCCCCCCCCCCCCCCCCCCCCCC. The van der Waals surface area contributed by atoms with E-state index in [9.17, 15) is 20.1 Å². The van der Waals surface area contributed by atoms with Gasteiger partial charge in [-0.1, -0.05) is 205 Å². The van der Waals surface area contributed by atoms with Crippen molar-refractivity contribution < 1.29 is 20.1 Å². The zero-order valence-corrected chi connectivity index (χ0v) is 32.1. The predicted molar refractivity (Wildman–Crippen MR) is 208 cm³/mol. The van der Waals surface area contributed by atoms with Crippen molar-refractivity contribution in [2.45, 2.75) is 238 Å². The zero-order chi connectivity index (χ0) is 35.2. The largest absolute Gasteiger partial charge is 0.394 e. The van der Waals surface area contributed by atoms with Crippen molar-refractivity contribution >= 4 is 5.91 Å². The van der Waals surface area contributed by atoms with Gasteiger partial charge in [0.05, 0.1) is 31.3 Å². The van der Waals surface area contributed by atoms with E-state index in [0.29, 0.717) is 6.42 Å². The Labute approximate surface area is 299 Å². The maximum absolute atomic E-state index is 12.4. The van der Waals surface area contributed by atoms with Crippen LogP contribution in [0.2, 0.25) is 0 Å². The summed E-state index contributed by atoms with van der Waals surface area (Å²) < 4.78 is 0. The lowest BCUT2D eigenvalue weighted by atomic mass is 10.0. The normalized spacial score (nSPS) is 13.9. The van der Waals surface area contributed by atoms with Gasteiger partial charge < -0.3 is 20.6 Å². The summed E-state index contributed by atoms with van der Waals surface area (Å²) in [7, 11) is 0. The summed E-state index contributed by atoms with van der Waals surface area (Å²) >= 11 is 0. The lowest BCUT2D eigenvalue weighted by Crippen LogP contribution is -2.45. The van der Waals surface area contributed by atoms with Crippen LogP contribution in [0.1, 0.15) is 219 Å². The molecular formula is C43H83NO4. The van der Waals surface area contributed by atoms with Crippen LogP contribution in [0.25, 0.3) is 0 Å². The number of amides is 1. The highest BCUT2D eigenvalue weighted by atomic mass is 16.3. The molecule has 284 valence electrons. The molecule has 0 spiro atoms. The number of hydrogen-bond donors (Lipinski definition) is 4.